The number of nitrogens with zero attached hydrogens (tertiary/aromatic N) is 4. The van der Waals surface area contributed by atoms with Gasteiger partial charge in [0.15, 0.2) is 5.79 Å². The molecular formula is C31H41N5O4. The Morgan fingerprint density at radius 1 is 1.12 bits per heavy atom. The molecule has 1 saturated heterocycles. The van der Waals surface area contributed by atoms with Crippen LogP contribution in [0.1, 0.15) is 64.5 Å². The largest absolute Gasteiger partial charge is 0.461 e. The summed E-state index contributed by atoms with van der Waals surface area (Å²) < 4.78 is 20.7. The van der Waals surface area contributed by atoms with Crippen LogP contribution in [0.15, 0.2) is 48.9 Å². The number of fused-ring (bicyclic) bond motifs is 2. The summed E-state index contributed by atoms with van der Waals surface area (Å²) in [5.41, 5.74) is 7.99. The third-order valence-electron chi connectivity index (χ3n) is 9.05. The van der Waals surface area contributed by atoms with Crippen LogP contribution in [0, 0.1) is 11.8 Å². The number of rotatable bonds is 10. The Balaban J connectivity index is 1.04. The SMILES string of the molecule is CCN(C[C@H]1C[C@@H](n2ccc3c(N)ncnc32)[C@@H]2OC(C)(C)O[C@H]12)C1CC(CCC(=O)OCc2ccccc2)C1. The van der Waals surface area contributed by atoms with E-state index in [0.29, 0.717) is 36.7 Å². The van der Waals surface area contributed by atoms with Gasteiger partial charge < -0.3 is 29.4 Å². The van der Waals surface area contributed by atoms with Crippen molar-refractivity contribution in [1.29, 1.82) is 0 Å². The highest BCUT2D eigenvalue weighted by Gasteiger charge is 2.55. The summed E-state index contributed by atoms with van der Waals surface area (Å²) in [4.78, 5) is 23.6. The lowest BCUT2D eigenvalue weighted by molar-refractivity contribution is -0.161. The van der Waals surface area contributed by atoms with Gasteiger partial charge in [-0.15, -0.1) is 0 Å². The monoisotopic (exact) mass is 547 g/mol. The fourth-order valence-electron chi connectivity index (χ4n) is 6.97. The molecule has 9 heteroatoms. The first-order chi connectivity index (χ1) is 19.3. The van der Waals surface area contributed by atoms with E-state index in [4.69, 9.17) is 19.9 Å². The second kappa shape index (κ2) is 11.1. The number of carbonyl (C=O) groups excluding carboxylic acids is 1. The van der Waals surface area contributed by atoms with Crippen molar-refractivity contribution in [3.63, 3.8) is 0 Å². The van der Waals surface area contributed by atoms with Gasteiger partial charge in [-0.25, -0.2) is 9.97 Å². The quantitative estimate of drug-likeness (QED) is 0.364. The number of nitrogens with two attached hydrogens (primary N) is 1. The van der Waals surface area contributed by atoms with E-state index in [1.807, 2.05) is 50.2 Å². The molecule has 9 nitrogen and oxygen atoms in total. The number of esters is 1. The van der Waals surface area contributed by atoms with Gasteiger partial charge in [-0.1, -0.05) is 37.3 Å². The van der Waals surface area contributed by atoms with Crippen molar-refractivity contribution in [3.05, 3.63) is 54.5 Å². The Morgan fingerprint density at radius 2 is 1.90 bits per heavy atom. The lowest BCUT2D eigenvalue weighted by Gasteiger charge is -2.44. The maximum Gasteiger partial charge on any atom is 0.306 e. The molecule has 3 aliphatic rings. The molecule has 1 aromatic carbocycles. The van der Waals surface area contributed by atoms with Gasteiger partial charge in [0.05, 0.1) is 17.5 Å². The number of carbonyl (C=O) groups is 1. The van der Waals surface area contributed by atoms with Crippen molar-refractivity contribution in [2.75, 3.05) is 18.8 Å². The van der Waals surface area contributed by atoms with E-state index >= 15 is 0 Å². The number of ether oxygens (including phenoxy) is 3. The van der Waals surface area contributed by atoms with E-state index < -0.39 is 5.79 Å². The maximum absolute atomic E-state index is 12.3. The first-order valence-corrected chi connectivity index (χ1v) is 14.7. The zero-order valence-electron chi connectivity index (χ0n) is 23.7. The van der Waals surface area contributed by atoms with Crippen LogP contribution in [0.5, 0.6) is 0 Å². The highest BCUT2D eigenvalue weighted by Crippen LogP contribution is 2.48. The molecule has 0 unspecified atom stereocenters. The Morgan fingerprint density at radius 3 is 2.67 bits per heavy atom. The average molecular weight is 548 g/mol. The van der Waals surface area contributed by atoms with Crippen molar-refractivity contribution >= 4 is 22.8 Å². The first-order valence-electron chi connectivity index (χ1n) is 14.7. The molecule has 0 bridgehead atoms. The van der Waals surface area contributed by atoms with Crippen LogP contribution in [-0.2, 0) is 25.6 Å². The van der Waals surface area contributed by atoms with Crippen molar-refractivity contribution in [2.24, 2.45) is 11.8 Å². The minimum absolute atomic E-state index is 0.0287. The predicted molar refractivity (Wildman–Crippen MR) is 152 cm³/mol. The van der Waals surface area contributed by atoms with Crippen molar-refractivity contribution < 1.29 is 19.0 Å². The van der Waals surface area contributed by atoms with Crippen molar-refractivity contribution in [3.8, 4) is 0 Å². The van der Waals surface area contributed by atoms with Gasteiger partial charge >= 0.3 is 5.97 Å². The second-order valence-electron chi connectivity index (χ2n) is 12.1. The smallest absolute Gasteiger partial charge is 0.306 e. The number of benzene rings is 1. The number of hydrogen-bond donors (Lipinski definition) is 1. The van der Waals surface area contributed by atoms with Gasteiger partial charge in [0.25, 0.3) is 0 Å². The molecule has 3 aromatic rings. The minimum atomic E-state index is -0.614. The van der Waals surface area contributed by atoms with Crippen LogP contribution in [0.25, 0.3) is 11.0 Å². The van der Waals surface area contributed by atoms with Crippen LogP contribution < -0.4 is 5.73 Å². The van der Waals surface area contributed by atoms with E-state index in [1.54, 1.807) is 0 Å². The highest BCUT2D eigenvalue weighted by molar-refractivity contribution is 5.86. The summed E-state index contributed by atoms with van der Waals surface area (Å²) >= 11 is 0. The molecule has 6 rings (SSSR count). The van der Waals surface area contributed by atoms with E-state index in [0.717, 1.165) is 55.4 Å². The summed E-state index contributed by atoms with van der Waals surface area (Å²) in [6.07, 6.45) is 8.19. The molecule has 3 fully saturated rings. The third kappa shape index (κ3) is 5.47. The summed E-state index contributed by atoms with van der Waals surface area (Å²) in [6, 6.07) is 12.5. The molecule has 0 radical (unpaired) electrons. The zero-order valence-corrected chi connectivity index (χ0v) is 23.7. The molecule has 3 heterocycles. The molecule has 2 saturated carbocycles. The van der Waals surface area contributed by atoms with E-state index in [2.05, 4.69) is 32.6 Å². The van der Waals surface area contributed by atoms with E-state index in [-0.39, 0.29) is 24.2 Å². The molecule has 2 aliphatic carbocycles. The fraction of sp³-hybridized carbons (Fsp3) is 0.581. The molecule has 0 spiro atoms. The fourth-order valence-corrected chi connectivity index (χ4v) is 6.97. The van der Waals surface area contributed by atoms with Crippen LogP contribution in [0.2, 0.25) is 0 Å². The van der Waals surface area contributed by atoms with Crippen molar-refractivity contribution in [2.45, 2.75) is 89.6 Å². The zero-order chi connectivity index (χ0) is 27.9. The van der Waals surface area contributed by atoms with Crippen molar-refractivity contribution in [1.82, 2.24) is 19.4 Å². The van der Waals surface area contributed by atoms with Gasteiger partial charge in [-0.05, 0) is 63.6 Å². The summed E-state index contributed by atoms with van der Waals surface area (Å²) in [5.74, 6) is 0.707. The Bertz CT molecular complexity index is 1320. The van der Waals surface area contributed by atoms with E-state index in [9.17, 15) is 4.79 Å². The number of nitrogen functional groups attached to an aromatic ring is 1. The van der Waals surface area contributed by atoms with Crippen LogP contribution in [-0.4, -0.2) is 62.5 Å². The molecule has 40 heavy (non-hydrogen) atoms. The molecule has 2 aromatic heterocycles. The second-order valence-corrected chi connectivity index (χ2v) is 12.1. The van der Waals surface area contributed by atoms with E-state index in [1.165, 1.54) is 6.33 Å². The Labute approximate surface area is 236 Å². The molecular weight excluding hydrogens is 506 g/mol. The number of aromatic nitrogens is 3. The summed E-state index contributed by atoms with van der Waals surface area (Å²) in [7, 11) is 0. The first kappa shape index (κ1) is 27.2. The Kier molecular flexibility index (Phi) is 7.54. The summed E-state index contributed by atoms with van der Waals surface area (Å²) in [5, 5.41) is 0.875. The third-order valence-corrected chi connectivity index (χ3v) is 9.05. The topological polar surface area (TPSA) is 105 Å². The molecule has 4 atom stereocenters. The minimum Gasteiger partial charge on any atom is -0.461 e. The van der Waals surface area contributed by atoms with Gasteiger partial charge in [0.1, 0.15) is 30.5 Å². The molecule has 1 aliphatic heterocycles. The molecule has 2 N–H and O–H groups in total. The highest BCUT2D eigenvalue weighted by atomic mass is 16.8. The predicted octanol–water partition coefficient (Wildman–Crippen LogP) is 4.72. The average Bonchev–Trinajstić information content (AvgIpc) is 3.58. The standard InChI is InChI=1S/C31H41N5O4/c1-4-35(23-14-21(15-23)10-11-26(37)38-18-20-8-6-5-7-9-20)17-22-16-25(28-27(22)39-31(2,3)40-28)36-13-12-24-29(32)33-19-34-30(24)36/h5-9,12-13,19,21-23,25,27-28H,4,10-11,14-18H2,1-3H3,(H2,32,33,34)/t21?,22-,23?,25-,27-,28+/m1/s1. The molecule has 214 valence electrons. The van der Waals surface area contributed by atoms with Gasteiger partial charge in [0, 0.05) is 31.1 Å². The lowest BCUT2D eigenvalue weighted by atomic mass is 9.76. The normalized spacial score (nSPS) is 29.0. The molecule has 0 amide bonds. The number of anilines is 1. The van der Waals surface area contributed by atoms with Crippen LogP contribution in [0.3, 0.4) is 0 Å². The maximum atomic E-state index is 12.3. The Hall–Kier alpha value is -3.01. The number of hydrogen-bond acceptors (Lipinski definition) is 8. The summed E-state index contributed by atoms with van der Waals surface area (Å²) in [6.45, 7) is 8.57. The lowest BCUT2D eigenvalue weighted by Crippen LogP contribution is -2.48. The van der Waals surface area contributed by atoms with Gasteiger partial charge in [0.2, 0.25) is 0 Å². The van der Waals surface area contributed by atoms with Crippen LogP contribution >= 0.6 is 0 Å². The van der Waals surface area contributed by atoms with Gasteiger partial charge in [-0.3, -0.25) is 4.79 Å². The van der Waals surface area contributed by atoms with Gasteiger partial charge in [-0.2, -0.15) is 0 Å². The van der Waals surface area contributed by atoms with Crippen LogP contribution in [0.4, 0.5) is 5.82 Å².